The molecule has 1 aliphatic carbocycles. The van der Waals surface area contributed by atoms with Crippen molar-refractivity contribution in [2.75, 3.05) is 33.4 Å². The summed E-state index contributed by atoms with van der Waals surface area (Å²) in [7, 11) is 5.40. The molecule has 3 heteroatoms. The summed E-state index contributed by atoms with van der Waals surface area (Å²) >= 11 is 0. The summed E-state index contributed by atoms with van der Waals surface area (Å²) in [6.45, 7) is 1.61. The van der Waals surface area contributed by atoms with Gasteiger partial charge in [0.1, 0.15) is 12.4 Å². The van der Waals surface area contributed by atoms with Crippen LogP contribution in [-0.2, 0) is 0 Å². The number of allylic oxidation sites excluding steroid dienone is 1. The first-order valence-corrected chi connectivity index (χ1v) is 18.4. The molecule has 0 radical (unpaired) electrons. The zero-order valence-corrected chi connectivity index (χ0v) is 28.0. The third kappa shape index (κ3) is 12.2. The van der Waals surface area contributed by atoms with E-state index in [1.165, 1.54) is 126 Å². The maximum absolute atomic E-state index is 6.01. The zero-order valence-electron chi connectivity index (χ0n) is 27.0. The topological polar surface area (TPSA) is 12.5 Å². The normalized spacial score (nSPS) is 14.9. The molecule has 3 aromatic rings. The van der Waals surface area contributed by atoms with E-state index in [0.717, 1.165) is 24.4 Å². The molecule has 0 saturated heterocycles. The third-order valence-corrected chi connectivity index (χ3v) is 10.6. The van der Waals surface area contributed by atoms with Crippen LogP contribution in [0.25, 0.3) is 11.1 Å². The summed E-state index contributed by atoms with van der Waals surface area (Å²) in [5.41, 5.74) is 7.76. The smallest absolute Gasteiger partial charge is 0.119 e. The molecule has 0 heterocycles. The van der Waals surface area contributed by atoms with Crippen molar-refractivity contribution >= 4 is 19.7 Å². The van der Waals surface area contributed by atoms with E-state index in [2.05, 4.69) is 104 Å². The van der Waals surface area contributed by atoms with Crippen LogP contribution in [0, 0.1) is 0 Å². The number of ether oxygens (including phenoxy) is 1. The fourth-order valence-electron chi connectivity index (χ4n) is 6.34. The van der Waals surface area contributed by atoms with Gasteiger partial charge in [-0.25, -0.2) is 0 Å². The molecule has 1 aliphatic rings. The largest absolute Gasteiger partial charge is 0.492 e. The molecular weight excluding hydrogens is 541 g/mol. The second-order valence-corrected chi connectivity index (χ2v) is 14.4. The van der Waals surface area contributed by atoms with Crippen LogP contribution in [0.1, 0.15) is 107 Å². The van der Waals surface area contributed by atoms with Crippen molar-refractivity contribution in [2.45, 2.75) is 95.6 Å². The highest BCUT2D eigenvalue weighted by atomic mass is 31.1. The van der Waals surface area contributed by atoms with E-state index in [9.17, 15) is 0 Å². The van der Waals surface area contributed by atoms with Gasteiger partial charge in [-0.1, -0.05) is 131 Å². The molecule has 43 heavy (non-hydrogen) atoms. The Morgan fingerprint density at radius 1 is 0.651 bits per heavy atom. The van der Waals surface area contributed by atoms with E-state index in [0.29, 0.717) is 6.61 Å². The van der Waals surface area contributed by atoms with Gasteiger partial charge >= 0.3 is 0 Å². The highest BCUT2D eigenvalue weighted by Gasteiger charge is 2.15. The van der Waals surface area contributed by atoms with Crippen LogP contribution in [0.15, 0.2) is 84.9 Å². The molecule has 3 aromatic carbocycles. The molecule has 1 atom stereocenters. The minimum atomic E-state index is 0.698. The molecule has 232 valence electrons. The van der Waals surface area contributed by atoms with Crippen LogP contribution in [0.4, 0.5) is 0 Å². The standard InChI is InChI=1S/C40H56NOP/c1-41(2)31-32-42-37-29-27-36(28-30-37)40(35-22-14-10-15-23-35)39(34-20-12-9-13-21-34)26-18-7-5-3-4-6-8-19-33-43-38-24-16-11-17-25-38/h9-10,12-15,20-23,27-30,38,43H,3-8,11,16-19,24-26,31-33H2,1-2H3/b40-39-. The van der Waals surface area contributed by atoms with Crippen LogP contribution in [-0.4, -0.2) is 44.0 Å². The lowest BCUT2D eigenvalue weighted by Gasteiger charge is -2.21. The SMILES string of the molecule is CN(C)CCOc1ccc(/C(=C(/CCCCCCCCCCPC2CCCCC2)c2ccccc2)c2ccccc2)cc1. The minimum Gasteiger partial charge on any atom is -0.492 e. The summed E-state index contributed by atoms with van der Waals surface area (Å²) in [5, 5.41) is 0. The summed E-state index contributed by atoms with van der Waals surface area (Å²) < 4.78 is 6.01. The van der Waals surface area contributed by atoms with Crippen molar-refractivity contribution in [2.24, 2.45) is 0 Å². The van der Waals surface area contributed by atoms with Gasteiger partial charge in [0.05, 0.1) is 0 Å². The van der Waals surface area contributed by atoms with E-state index in [1.54, 1.807) is 0 Å². The number of unbranched alkanes of at least 4 members (excludes halogenated alkanes) is 7. The van der Waals surface area contributed by atoms with Crippen LogP contribution >= 0.6 is 8.58 Å². The number of hydrogen-bond acceptors (Lipinski definition) is 2. The van der Waals surface area contributed by atoms with E-state index in [4.69, 9.17) is 4.74 Å². The Bertz CT molecular complexity index is 1170. The second-order valence-electron chi connectivity index (χ2n) is 12.6. The van der Waals surface area contributed by atoms with Crippen LogP contribution < -0.4 is 4.74 Å². The van der Waals surface area contributed by atoms with Crippen molar-refractivity contribution in [1.82, 2.24) is 4.90 Å². The Labute approximate surface area is 265 Å². The summed E-state index contributed by atoms with van der Waals surface area (Å²) in [6.07, 6.45) is 21.1. The Hall–Kier alpha value is -2.41. The molecule has 1 unspecified atom stereocenters. The monoisotopic (exact) mass is 597 g/mol. The predicted octanol–water partition coefficient (Wildman–Crippen LogP) is 11.1. The van der Waals surface area contributed by atoms with E-state index >= 15 is 0 Å². The van der Waals surface area contributed by atoms with E-state index < -0.39 is 0 Å². The average Bonchev–Trinajstić information content (AvgIpc) is 3.05. The Balaban J connectivity index is 1.32. The van der Waals surface area contributed by atoms with Crippen LogP contribution in [0.2, 0.25) is 0 Å². The molecule has 2 nitrogen and oxygen atoms in total. The summed E-state index contributed by atoms with van der Waals surface area (Å²) in [5.74, 6) is 0.934. The van der Waals surface area contributed by atoms with Crippen molar-refractivity contribution in [1.29, 1.82) is 0 Å². The molecule has 4 rings (SSSR count). The zero-order chi connectivity index (χ0) is 30.0. The van der Waals surface area contributed by atoms with Gasteiger partial charge < -0.3 is 9.64 Å². The Morgan fingerprint density at radius 2 is 1.21 bits per heavy atom. The average molecular weight is 598 g/mol. The van der Waals surface area contributed by atoms with Crippen LogP contribution in [0.3, 0.4) is 0 Å². The van der Waals surface area contributed by atoms with Gasteiger partial charge in [-0.3, -0.25) is 0 Å². The van der Waals surface area contributed by atoms with Crippen molar-refractivity contribution < 1.29 is 4.74 Å². The summed E-state index contributed by atoms with van der Waals surface area (Å²) in [6, 6.07) is 30.7. The third-order valence-electron chi connectivity index (χ3n) is 8.83. The van der Waals surface area contributed by atoms with Gasteiger partial charge in [0.25, 0.3) is 0 Å². The predicted molar refractivity (Wildman–Crippen MR) is 191 cm³/mol. The highest BCUT2D eigenvalue weighted by Crippen LogP contribution is 2.36. The fourth-order valence-corrected chi connectivity index (χ4v) is 8.02. The van der Waals surface area contributed by atoms with Crippen molar-refractivity contribution in [3.05, 3.63) is 102 Å². The number of likely N-dealkylation sites (N-methyl/N-ethyl adjacent to an activating group) is 1. The molecule has 0 amide bonds. The summed E-state index contributed by atoms with van der Waals surface area (Å²) in [4.78, 5) is 2.15. The van der Waals surface area contributed by atoms with Crippen molar-refractivity contribution in [3.8, 4) is 5.75 Å². The van der Waals surface area contributed by atoms with Gasteiger partial charge in [-0.05, 0) is 98.0 Å². The maximum atomic E-state index is 6.01. The van der Waals surface area contributed by atoms with Gasteiger partial charge in [0.15, 0.2) is 0 Å². The van der Waals surface area contributed by atoms with Crippen LogP contribution in [0.5, 0.6) is 5.75 Å². The molecule has 0 aromatic heterocycles. The lowest BCUT2D eigenvalue weighted by atomic mass is 9.86. The lowest BCUT2D eigenvalue weighted by molar-refractivity contribution is 0.261. The number of nitrogens with zero attached hydrogens (tertiary/aromatic N) is 1. The molecule has 1 fully saturated rings. The van der Waals surface area contributed by atoms with Gasteiger partial charge in [-0.2, -0.15) is 0 Å². The number of rotatable bonds is 19. The van der Waals surface area contributed by atoms with Gasteiger partial charge in [0, 0.05) is 6.54 Å². The Morgan fingerprint density at radius 3 is 1.84 bits per heavy atom. The lowest BCUT2D eigenvalue weighted by Crippen LogP contribution is -2.19. The fraction of sp³-hybridized carbons (Fsp3) is 0.500. The molecule has 1 saturated carbocycles. The first-order chi connectivity index (χ1) is 21.2. The first kappa shape index (κ1) is 33.5. The molecule has 0 aliphatic heterocycles. The molecule has 0 N–H and O–H groups in total. The second kappa shape index (κ2) is 19.8. The maximum Gasteiger partial charge on any atom is 0.119 e. The molecular formula is C40H56NOP. The number of hydrogen-bond donors (Lipinski definition) is 0. The van der Waals surface area contributed by atoms with Gasteiger partial charge in [0.2, 0.25) is 0 Å². The highest BCUT2D eigenvalue weighted by molar-refractivity contribution is 7.38. The van der Waals surface area contributed by atoms with E-state index in [-0.39, 0.29) is 0 Å². The van der Waals surface area contributed by atoms with E-state index in [1.807, 2.05) is 0 Å². The van der Waals surface area contributed by atoms with Gasteiger partial charge in [-0.15, -0.1) is 8.58 Å². The Kier molecular flexibility index (Phi) is 15.4. The quantitative estimate of drug-likeness (QED) is 0.0774. The van der Waals surface area contributed by atoms with Crippen molar-refractivity contribution in [3.63, 3.8) is 0 Å². The first-order valence-electron chi connectivity index (χ1n) is 17.2. The molecule has 0 spiro atoms. The number of benzene rings is 3. The molecule has 0 bridgehead atoms. The minimum absolute atomic E-state index is 0.698.